The van der Waals surface area contributed by atoms with Crippen LogP contribution in [0, 0.1) is 5.92 Å². The van der Waals surface area contributed by atoms with Gasteiger partial charge in [-0.2, -0.15) is 5.10 Å². The van der Waals surface area contributed by atoms with Crippen LogP contribution in [0.25, 0.3) is 11.0 Å². The number of hydrogen-bond donors (Lipinski definition) is 1. The molecule has 2 aromatic heterocycles. The van der Waals surface area contributed by atoms with Gasteiger partial charge in [0.15, 0.2) is 5.65 Å². The monoisotopic (exact) mass is 341 g/mol. The van der Waals surface area contributed by atoms with Gasteiger partial charge in [-0.25, -0.2) is 9.67 Å². The summed E-state index contributed by atoms with van der Waals surface area (Å²) in [5.41, 5.74) is 7.79. The molecule has 2 fully saturated rings. The van der Waals surface area contributed by atoms with E-state index in [1.54, 1.807) is 11.1 Å². The highest BCUT2D eigenvalue weighted by atomic mass is 16.2. The molecule has 0 bridgehead atoms. The lowest BCUT2D eigenvalue weighted by Gasteiger charge is -2.17. The molecule has 1 saturated carbocycles. The first-order valence-electron chi connectivity index (χ1n) is 8.92. The van der Waals surface area contributed by atoms with E-state index in [9.17, 15) is 9.59 Å². The normalized spacial score (nSPS) is 20.6. The van der Waals surface area contributed by atoms with Gasteiger partial charge in [0.25, 0.3) is 5.91 Å². The molecule has 1 atom stereocenters. The maximum absolute atomic E-state index is 13.1. The van der Waals surface area contributed by atoms with Gasteiger partial charge in [0.1, 0.15) is 0 Å². The number of amides is 2. The molecule has 0 aromatic carbocycles. The minimum Gasteiger partial charge on any atom is -0.369 e. The Morgan fingerprint density at radius 1 is 1.28 bits per heavy atom. The molecule has 0 unspecified atom stereocenters. The number of carbonyl (C=O) groups is 2. The first kappa shape index (κ1) is 16.1. The second-order valence-electron chi connectivity index (χ2n) is 7.43. The van der Waals surface area contributed by atoms with Gasteiger partial charge in [-0.15, -0.1) is 0 Å². The smallest absolute Gasteiger partial charge is 0.254 e. The van der Waals surface area contributed by atoms with Crippen LogP contribution in [0.15, 0.2) is 12.3 Å². The number of pyridine rings is 1. The molecule has 132 valence electrons. The minimum atomic E-state index is -0.332. The molecule has 7 nitrogen and oxygen atoms in total. The van der Waals surface area contributed by atoms with Gasteiger partial charge in [-0.1, -0.05) is 0 Å². The summed E-state index contributed by atoms with van der Waals surface area (Å²) in [6.45, 7) is 5.07. The van der Waals surface area contributed by atoms with Crippen LogP contribution in [0.2, 0.25) is 0 Å². The van der Waals surface area contributed by atoms with E-state index in [4.69, 9.17) is 10.7 Å². The molecule has 2 amide bonds. The zero-order valence-corrected chi connectivity index (χ0v) is 14.6. The van der Waals surface area contributed by atoms with E-state index < -0.39 is 0 Å². The quantitative estimate of drug-likeness (QED) is 0.918. The number of nitrogens with two attached hydrogens (primary N) is 1. The lowest BCUT2D eigenvalue weighted by atomic mass is 10.1. The number of fused-ring (bicyclic) bond motifs is 1. The molecule has 1 aliphatic heterocycles. The van der Waals surface area contributed by atoms with Crippen LogP contribution in [0.1, 0.15) is 61.1 Å². The molecule has 3 heterocycles. The average molecular weight is 341 g/mol. The fourth-order valence-electron chi connectivity index (χ4n) is 3.53. The van der Waals surface area contributed by atoms with Crippen LogP contribution >= 0.6 is 0 Å². The SMILES string of the molecule is CC(C)n1ncc2c(C(=O)N3CC[C@@H](C(N)=O)C3)cc(C3CC3)nc21. The van der Waals surface area contributed by atoms with Gasteiger partial charge in [-0.3, -0.25) is 9.59 Å². The van der Waals surface area contributed by atoms with Crippen LogP contribution in [-0.2, 0) is 4.79 Å². The predicted octanol–water partition coefficient (Wildman–Crippen LogP) is 1.84. The fourth-order valence-corrected chi connectivity index (χ4v) is 3.53. The second-order valence-corrected chi connectivity index (χ2v) is 7.43. The highest BCUT2D eigenvalue weighted by molar-refractivity contribution is 6.05. The summed E-state index contributed by atoms with van der Waals surface area (Å²) >= 11 is 0. The molecule has 1 saturated heterocycles. The van der Waals surface area contributed by atoms with E-state index >= 15 is 0 Å². The van der Waals surface area contributed by atoms with Crippen molar-refractivity contribution in [3.05, 3.63) is 23.5 Å². The largest absolute Gasteiger partial charge is 0.369 e. The Kier molecular flexibility index (Phi) is 3.74. The lowest BCUT2D eigenvalue weighted by molar-refractivity contribution is -0.121. The third kappa shape index (κ3) is 2.77. The molecule has 2 aliphatic rings. The van der Waals surface area contributed by atoms with Gasteiger partial charge in [0.05, 0.1) is 23.1 Å². The molecule has 25 heavy (non-hydrogen) atoms. The highest BCUT2D eigenvalue weighted by Crippen LogP contribution is 2.40. The van der Waals surface area contributed by atoms with E-state index in [1.165, 1.54) is 0 Å². The van der Waals surface area contributed by atoms with E-state index in [0.29, 0.717) is 31.0 Å². The number of nitrogens with zero attached hydrogens (tertiary/aromatic N) is 4. The molecule has 7 heteroatoms. The number of hydrogen-bond acceptors (Lipinski definition) is 4. The highest BCUT2D eigenvalue weighted by Gasteiger charge is 2.33. The summed E-state index contributed by atoms with van der Waals surface area (Å²) < 4.78 is 1.87. The maximum Gasteiger partial charge on any atom is 0.254 e. The summed E-state index contributed by atoms with van der Waals surface area (Å²) in [7, 11) is 0. The summed E-state index contributed by atoms with van der Waals surface area (Å²) in [6.07, 6.45) is 4.61. The third-order valence-electron chi connectivity index (χ3n) is 5.18. The minimum absolute atomic E-state index is 0.0543. The Bertz CT molecular complexity index is 853. The molecule has 2 aromatic rings. The first-order valence-corrected chi connectivity index (χ1v) is 8.92. The molecule has 0 spiro atoms. The first-order chi connectivity index (χ1) is 12.0. The van der Waals surface area contributed by atoms with E-state index in [1.807, 2.05) is 10.7 Å². The lowest BCUT2D eigenvalue weighted by Crippen LogP contribution is -2.32. The number of carbonyl (C=O) groups excluding carboxylic acids is 2. The zero-order chi connectivity index (χ0) is 17.7. The molecular formula is C18H23N5O2. The van der Waals surface area contributed by atoms with Crippen LogP contribution < -0.4 is 5.73 Å². The number of likely N-dealkylation sites (tertiary alicyclic amines) is 1. The topological polar surface area (TPSA) is 94.1 Å². The standard InChI is InChI=1S/C18H23N5O2/c1-10(2)23-17-14(8-20-23)13(7-15(21-17)11-3-4-11)18(25)22-6-5-12(9-22)16(19)24/h7-8,10-12H,3-6,9H2,1-2H3,(H2,19,24)/t12-/m1/s1. The Balaban J connectivity index is 1.75. The number of rotatable bonds is 4. The van der Waals surface area contributed by atoms with Crippen molar-refractivity contribution in [2.75, 3.05) is 13.1 Å². The third-order valence-corrected chi connectivity index (χ3v) is 5.18. The Labute approximate surface area is 146 Å². The van der Waals surface area contributed by atoms with Gasteiger partial charge in [0.2, 0.25) is 5.91 Å². The Hall–Kier alpha value is -2.44. The fraction of sp³-hybridized carbons (Fsp3) is 0.556. The van der Waals surface area contributed by atoms with E-state index in [-0.39, 0.29) is 23.8 Å². The van der Waals surface area contributed by atoms with Crippen molar-refractivity contribution >= 4 is 22.8 Å². The second kappa shape index (κ2) is 5.82. The average Bonchev–Trinajstić information content (AvgIpc) is 3.14. The van der Waals surface area contributed by atoms with Gasteiger partial charge in [-0.05, 0) is 39.2 Å². The number of aromatic nitrogens is 3. The summed E-state index contributed by atoms with van der Waals surface area (Å²) in [4.78, 5) is 31.0. The summed E-state index contributed by atoms with van der Waals surface area (Å²) in [6, 6.07) is 2.10. The van der Waals surface area contributed by atoms with Crippen LogP contribution in [-0.4, -0.2) is 44.6 Å². The Morgan fingerprint density at radius 3 is 2.64 bits per heavy atom. The van der Waals surface area contributed by atoms with Crippen molar-refractivity contribution < 1.29 is 9.59 Å². The van der Waals surface area contributed by atoms with Crippen LogP contribution in [0.3, 0.4) is 0 Å². The van der Waals surface area contributed by atoms with Crippen molar-refractivity contribution in [3.63, 3.8) is 0 Å². The van der Waals surface area contributed by atoms with Crippen molar-refractivity contribution in [2.45, 2.75) is 45.1 Å². The van der Waals surface area contributed by atoms with Crippen molar-refractivity contribution in [2.24, 2.45) is 11.7 Å². The molecule has 0 radical (unpaired) electrons. The van der Waals surface area contributed by atoms with E-state index in [2.05, 4.69) is 18.9 Å². The van der Waals surface area contributed by atoms with Crippen molar-refractivity contribution in [3.8, 4) is 0 Å². The predicted molar refractivity (Wildman–Crippen MR) is 93.1 cm³/mol. The number of primary amides is 1. The Morgan fingerprint density at radius 2 is 2.04 bits per heavy atom. The van der Waals surface area contributed by atoms with Crippen LogP contribution in [0.5, 0.6) is 0 Å². The molecular weight excluding hydrogens is 318 g/mol. The van der Waals surface area contributed by atoms with Crippen LogP contribution in [0.4, 0.5) is 0 Å². The van der Waals surface area contributed by atoms with Gasteiger partial charge >= 0.3 is 0 Å². The molecule has 2 N–H and O–H groups in total. The zero-order valence-electron chi connectivity index (χ0n) is 14.6. The summed E-state index contributed by atoms with van der Waals surface area (Å²) in [5, 5.41) is 5.22. The van der Waals surface area contributed by atoms with Gasteiger partial charge < -0.3 is 10.6 Å². The van der Waals surface area contributed by atoms with Crippen molar-refractivity contribution in [1.82, 2.24) is 19.7 Å². The van der Waals surface area contributed by atoms with Gasteiger partial charge in [0, 0.05) is 30.7 Å². The maximum atomic E-state index is 13.1. The van der Waals surface area contributed by atoms with Crippen molar-refractivity contribution in [1.29, 1.82) is 0 Å². The van der Waals surface area contributed by atoms with E-state index in [0.717, 1.165) is 29.6 Å². The molecule has 4 rings (SSSR count). The summed E-state index contributed by atoms with van der Waals surface area (Å²) in [5.74, 6) is -0.186. The molecule has 1 aliphatic carbocycles.